The molecule has 0 atom stereocenters. The zero-order valence-electron chi connectivity index (χ0n) is 9.22. The van der Waals surface area contributed by atoms with Gasteiger partial charge in [0.05, 0.1) is 6.20 Å². The van der Waals surface area contributed by atoms with Crippen LogP contribution in [0.1, 0.15) is 37.9 Å². The molecule has 0 unspecified atom stereocenters. The summed E-state index contributed by atoms with van der Waals surface area (Å²) < 4.78 is 0. The van der Waals surface area contributed by atoms with E-state index in [-0.39, 0.29) is 0 Å². The molecule has 3 heteroatoms. The van der Waals surface area contributed by atoms with Crippen molar-refractivity contribution >= 4 is 5.95 Å². The van der Waals surface area contributed by atoms with Gasteiger partial charge in [0.15, 0.2) is 0 Å². The number of aromatic nitrogens is 2. The molecule has 3 nitrogen and oxygen atoms in total. The molecule has 0 saturated carbocycles. The summed E-state index contributed by atoms with van der Waals surface area (Å²) in [5.41, 5.74) is 2.19. The van der Waals surface area contributed by atoms with E-state index in [0.29, 0.717) is 5.95 Å². The standard InChI is InChI=1S/C11H18N3/c1-4-6-7-10-8-13-11(12-5-2)14-9(10)3/h4-7H2,1-3H3,(H,12,13,14). The van der Waals surface area contributed by atoms with Crippen molar-refractivity contribution in [3.8, 4) is 0 Å². The molecule has 0 amide bonds. The summed E-state index contributed by atoms with van der Waals surface area (Å²) in [6, 6.07) is 0. The van der Waals surface area contributed by atoms with Crippen molar-refractivity contribution in [3.63, 3.8) is 0 Å². The molecule has 14 heavy (non-hydrogen) atoms. The van der Waals surface area contributed by atoms with Crippen LogP contribution in [0.5, 0.6) is 0 Å². The van der Waals surface area contributed by atoms with Crippen LogP contribution in [0.4, 0.5) is 5.95 Å². The molecule has 0 aromatic carbocycles. The van der Waals surface area contributed by atoms with Crippen molar-refractivity contribution in [3.05, 3.63) is 17.5 Å². The minimum Gasteiger partial charge on any atom is -0.354 e. The molecule has 1 N–H and O–H groups in total. The summed E-state index contributed by atoms with van der Waals surface area (Å²) in [4.78, 5) is 8.50. The summed E-state index contributed by atoms with van der Waals surface area (Å²) >= 11 is 0. The number of nitrogens with zero attached hydrogens (tertiary/aromatic N) is 2. The van der Waals surface area contributed by atoms with Gasteiger partial charge in [-0.1, -0.05) is 13.3 Å². The molecular weight excluding hydrogens is 174 g/mol. The first-order chi connectivity index (χ1) is 6.77. The molecule has 1 heterocycles. The van der Waals surface area contributed by atoms with Crippen LogP contribution in [0.25, 0.3) is 0 Å². The molecular formula is C11H18N3. The molecule has 0 spiro atoms. The van der Waals surface area contributed by atoms with E-state index in [1.54, 1.807) is 0 Å². The van der Waals surface area contributed by atoms with Crippen LogP contribution in [-0.2, 0) is 6.42 Å². The Hall–Kier alpha value is -1.12. The zero-order valence-corrected chi connectivity index (χ0v) is 9.22. The number of hydrogen-bond acceptors (Lipinski definition) is 3. The van der Waals surface area contributed by atoms with Crippen LogP contribution >= 0.6 is 0 Å². The molecule has 1 aromatic rings. The molecule has 1 aromatic heterocycles. The largest absolute Gasteiger partial charge is 0.354 e. The number of aryl methyl sites for hydroxylation is 2. The molecule has 0 fully saturated rings. The predicted molar refractivity (Wildman–Crippen MR) is 58.4 cm³/mol. The van der Waals surface area contributed by atoms with E-state index in [4.69, 9.17) is 0 Å². The Morgan fingerprint density at radius 2 is 2.14 bits per heavy atom. The van der Waals surface area contributed by atoms with Crippen molar-refractivity contribution in [1.29, 1.82) is 0 Å². The molecule has 0 aliphatic carbocycles. The van der Waals surface area contributed by atoms with Gasteiger partial charge < -0.3 is 5.32 Å². The van der Waals surface area contributed by atoms with E-state index in [0.717, 1.165) is 24.2 Å². The lowest BCUT2D eigenvalue weighted by atomic mass is 10.1. The van der Waals surface area contributed by atoms with E-state index in [9.17, 15) is 0 Å². The molecule has 77 valence electrons. The van der Waals surface area contributed by atoms with Crippen LogP contribution in [0.3, 0.4) is 0 Å². The summed E-state index contributed by atoms with van der Waals surface area (Å²) in [5, 5.41) is 3.08. The van der Waals surface area contributed by atoms with Gasteiger partial charge in [0.1, 0.15) is 0 Å². The zero-order chi connectivity index (χ0) is 10.4. The van der Waals surface area contributed by atoms with Gasteiger partial charge in [-0.05, 0) is 26.7 Å². The quantitative estimate of drug-likeness (QED) is 0.778. The lowest BCUT2D eigenvalue weighted by Crippen LogP contribution is -2.05. The Balaban J connectivity index is 2.68. The highest BCUT2D eigenvalue weighted by Crippen LogP contribution is 2.09. The second-order valence-electron chi connectivity index (χ2n) is 3.36. The maximum absolute atomic E-state index is 4.36. The molecule has 0 saturated heterocycles. The molecule has 0 bridgehead atoms. The van der Waals surface area contributed by atoms with Crippen molar-refractivity contribution in [1.82, 2.24) is 9.97 Å². The number of unbranched alkanes of at least 4 members (excludes halogenated alkanes) is 1. The first kappa shape index (κ1) is 11.0. The Morgan fingerprint density at radius 1 is 1.36 bits per heavy atom. The predicted octanol–water partition coefficient (Wildman–Crippen LogP) is 2.36. The van der Waals surface area contributed by atoms with Crippen molar-refractivity contribution < 1.29 is 0 Å². The van der Waals surface area contributed by atoms with E-state index >= 15 is 0 Å². The highest BCUT2D eigenvalue weighted by Gasteiger charge is 2.02. The van der Waals surface area contributed by atoms with Crippen molar-refractivity contribution in [2.45, 2.75) is 40.0 Å². The maximum Gasteiger partial charge on any atom is 0.223 e. The van der Waals surface area contributed by atoms with Gasteiger partial charge in [-0.15, -0.1) is 0 Å². The third-order valence-electron chi connectivity index (χ3n) is 2.12. The number of nitrogens with one attached hydrogen (secondary N) is 1. The van der Waals surface area contributed by atoms with E-state index in [1.165, 1.54) is 12.8 Å². The molecule has 1 rings (SSSR count). The fourth-order valence-electron chi connectivity index (χ4n) is 1.28. The van der Waals surface area contributed by atoms with Crippen LogP contribution in [0.2, 0.25) is 0 Å². The van der Waals surface area contributed by atoms with Crippen LogP contribution in [-0.4, -0.2) is 16.5 Å². The SMILES string of the molecule is CCCCc1[c]nc(NCC)nc1C. The Morgan fingerprint density at radius 3 is 2.71 bits per heavy atom. The van der Waals surface area contributed by atoms with Crippen LogP contribution < -0.4 is 5.32 Å². The summed E-state index contributed by atoms with van der Waals surface area (Å²) in [6.07, 6.45) is 6.46. The summed E-state index contributed by atoms with van der Waals surface area (Å²) in [5.74, 6) is 0.685. The highest BCUT2D eigenvalue weighted by atomic mass is 15.1. The lowest BCUT2D eigenvalue weighted by Gasteiger charge is -2.05. The fraction of sp³-hybridized carbons (Fsp3) is 0.636. The normalized spacial score (nSPS) is 10.2. The number of rotatable bonds is 5. The van der Waals surface area contributed by atoms with E-state index in [2.05, 4.69) is 28.4 Å². The number of anilines is 1. The Bertz CT molecular complexity index is 284. The average Bonchev–Trinajstić information content (AvgIpc) is 2.17. The van der Waals surface area contributed by atoms with Gasteiger partial charge in [-0.2, -0.15) is 0 Å². The Kier molecular flexibility index (Phi) is 4.36. The van der Waals surface area contributed by atoms with Gasteiger partial charge in [0, 0.05) is 17.8 Å². The van der Waals surface area contributed by atoms with Crippen molar-refractivity contribution in [2.24, 2.45) is 0 Å². The van der Waals surface area contributed by atoms with Crippen molar-refractivity contribution in [2.75, 3.05) is 11.9 Å². The van der Waals surface area contributed by atoms with Gasteiger partial charge in [0.2, 0.25) is 5.95 Å². The first-order valence-electron chi connectivity index (χ1n) is 5.27. The second-order valence-corrected chi connectivity index (χ2v) is 3.36. The highest BCUT2D eigenvalue weighted by molar-refractivity contribution is 5.28. The van der Waals surface area contributed by atoms with E-state index < -0.39 is 0 Å². The first-order valence-corrected chi connectivity index (χ1v) is 5.27. The van der Waals surface area contributed by atoms with Crippen LogP contribution in [0.15, 0.2) is 0 Å². The second kappa shape index (κ2) is 5.58. The summed E-state index contributed by atoms with van der Waals surface area (Å²) in [6.45, 7) is 7.08. The van der Waals surface area contributed by atoms with E-state index in [1.807, 2.05) is 13.8 Å². The van der Waals surface area contributed by atoms with Gasteiger partial charge in [-0.25, -0.2) is 9.97 Å². The molecule has 0 aliphatic heterocycles. The lowest BCUT2D eigenvalue weighted by molar-refractivity contribution is 0.780. The monoisotopic (exact) mass is 192 g/mol. The molecule has 0 aliphatic rings. The summed E-state index contributed by atoms with van der Waals surface area (Å²) in [7, 11) is 0. The van der Waals surface area contributed by atoms with Crippen LogP contribution in [0, 0.1) is 13.1 Å². The molecule has 1 radical (unpaired) electrons. The third kappa shape index (κ3) is 2.98. The van der Waals surface area contributed by atoms with Gasteiger partial charge in [0.25, 0.3) is 0 Å². The topological polar surface area (TPSA) is 37.8 Å². The maximum atomic E-state index is 4.36. The minimum atomic E-state index is 0.685. The third-order valence-corrected chi connectivity index (χ3v) is 2.12. The average molecular weight is 192 g/mol. The minimum absolute atomic E-state index is 0.685. The fourth-order valence-corrected chi connectivity index (χ4v) is 1.28. The van der Waals surface area contributed by atoms with Gasteiger partial charge >= 0.3 is 0 Å². The smallest absolute Gasteiger partial charge is 0.223 e. The number of hydrogen-bond donors (Lipinski definition) is 1. The Labute approximate surface area is 86.0 Å². The van der Waals surface area contributed by atoms with Gasteiger partial charge in [-0.3, -0.25) is 0 Å².